The highest BCUT2D eigenvalue weighted by Gasteiger charge is 2.39. The summed E-state index contributed by atoms with van der Waals surface area (Å²) in [7, 11) is 0. The molecule has 1 saturated carbocycles. The monoisotopic (exact) mass is 301 g/mol. The minimum absolute atomic E-state index is 0.134. The van der Waals surface area contributed by atoms with E-state index in [-0.39, 0.29) is 17.2 Å². The van der Waals surface area contributed by atoms with Gasteiger partial charge >= 0.3 is 6.18 Å². The van der Waals surface area contributed by atoms with Gasteiger partial charge in [0.25, 0.3) is 0 Å². The lowest BCUT2D eigenvalue weighted by molar-refractivity contribution is -0.137. The lowest BCUT2D eigenvalue weighted by Crippen LogP contribution is -2.31. The van der Waals surface area contributed by atoms with Gasteiger partial charge in [0.2, 0.25) is 5.91 Å². The van der Waals surface area contributed by atoms with Crippen molar-refractivity contribution in [2.24, 2.45) is 5.92 Å². The summed E-state index contributed by atoms with van der Waals surface area (Å²) in [5.74, 6) is 1.13. The molecule has 1 aromatic rings. The molecule has 3 rings (SSSR count). The number of carbonyl (C=O) groups excluding carboxylic acids is 1. The van der Waals surface area contributed by atoms with E-state index in [1.165, 1.54) is 12.1 Å². The number of rotatable bonds is 2. The topological polar surface area (TPSA) is 20.3 Å². The van der Waals surface area contributed by atoms with Crippen molar-refractivity contribution in [3.8, 4) is 0 Å². The van der Waals surface area contributed by atoms with E-state index in [0.29, 0.717) is 6.54 Å². The number of hydrogen-bond acceptors (Lipinski definition) is 2. The lowest BCUT2D eigenvalue weighted by atomic mass is 10.1. The summed E-state index contributed by atoms with van der Waals surface area (Å²) in [5, 5.41) is -0.134. The Bertz CT molecular complexity index is 510. The molecule has 108 valence electrons. The van der Waals surface area contributed by atoms with Crippen LogP contribution in [-0.2, 0) is 11.0 Å². The standard InChI is InChI=1S/C14H14F3NOS/c15-14(16,17)11-5-3-10(4-6-11)13-18(7-8-20-13)12(19)9-1-2-9/h3-6,9,13H,1-2,7-8H2/t13-/m0/s1. The van der Waals surface area contributed by atoms with Crippen molar-refractivity contribution in [3.63, 3.8) is 0 Å². The van der Waals surface area contributed by atoms with Gasteiger partial charge in [-0.15, -0.1) is 11.8 Å². The largest absolute Gasteiger partial charge is 0.416 e. The Morgan fingerprint density at radius 1 is 1.20 bits per heavy atom. The quantitative estimate of drug-likeness (QED) is 0.830. The van der Waals surface area contributed by atoms with E-state index in [1.54, 1.807) is 11.8 Å². The number of thioether (sulfide) groups is 1. The van der Waals surface area contributed by atoms with Gasteiger partial charge < -0.3 is 4.90 Å². The molecule has 2 aliphatic rings. The second kappa shape index (κ2) is 4.98. The molecule has 0 N–H and O–H groups in total. The van der Waals surface area contributed by atoms with Crippen LogP contribution >= 0.6 is 11.8 Å². The molecular formula is C14H14F3NOS. The van der Waals surface area contributed by atoms with E-state index in [2.05, 4.69) is 0 Å². The summed E-state index contributed by atoms with van der Waals surface area (Å²) < 4.78 is 37.6. The number of halogens is 3. The molecule has 1 aliphatic carbocycles. The predicted molar refractivity (Wildman–Crippen MR) is 71.1 cm³/mol. The second-order valence-corrected chi connectivity index (χ2v) is 6.34. The number of nitrogens with zero attached hydrogens (tertiary/aromatic N) is 1. The van der Waals surface area contributed by atoms with Gasteiger partial charge in [-0.25, -0.2) is 0 Å². The first-order valence-electron chi connectivity index (χ1n) is 6.56. The third kappa shape index (κ3) is 2.66. The van der Waals surface area contributed by atoms with Crippen molar-refractivity contribution in [2.45, 2.75) is 24.4 Å². The van der Waals surface area contributed by atoms with Gasteiger partial charge in [0.15, 0.2) is 0 Å². The zero-order valence-electron chi connectivity index (χ0n) is 10.7. The Balaban J connectivity index is 1.79. The molecule has 1 heterocycles. The van der Waals surface area contributed by atoms with Crippen LogP contribution in [0.3, 0.4) is 0 Å². The van der Waals surface area contributed by atoms with E-state index in [0.717, 1.165) is 36.3 Å². The van der Waals surface area contributed by atoms with Crippen LogP contribution < -0.4 is 0 Å². The molecule has 2 fully saturated rings. The van der Waals surface area contributed by atoms with E-state index < -0.39 is 11.7 Å². The van der Waals surface area contributed by atoms with Gasteiger partial charge in [-0.2, -0.15) is 13.2 Å². The summed E-state index contributed by atoms with van der Waals surface area (Å²) in [5.41, 5.74) is 0.124. The molecule has 1 saturated heterocycles. The van der Waals surface area contributed by atoms with Crippen molar-refractivity contribution in [3.05, 3.63) is 35.4 Å². The summed E-state index contributed by atoms with van der Waals surface area (Å²) in [4.78, 5) is 14.0. The summed E-state index contributed by atoms with van der Waals surface area (Å²) in [6.07, 6.45) is -2.43. The third-order valence-corrected chi connectivity index (χ3v) is 4.88. The fourth-order valence-electron chi connectivity index (χ4n) is 2.37. The van der Waals surface area contributed by atoms with Crippen LogP contribution in [0, 0.1) is 5.92 Å². The van der Waals surface area contributed by atoms with E-state index in [1.807, 2.05) is 4.90 Å². The highest BCUT2D eigenvalue weighted by Crippen LogP contribution is 2.42. The molecule has 0 radical (unpaired) electrons. The summed E-state index contributed by atoms with van der Waals surface area (Å²) in [6, 6.07) is 5.15. The molecule has 0 unspecified atom stereocenters. The van der Waals surface area contributed by atoms with Crippen LogP contribution in [-0.4, -0.2) is 23.1 Å². The molecular weight excluding hydrogens is 287 g/mol. The second-order valence-electron chi connectivity index (χ2n) is 5.15. The predicted octanol–water partition coefficient (Wildman–Crippen LogP) is 3.69. The van der Waals surface area contributed by atoms with Gasteiger partial charge in [0.1, 0.15) is 5.37 Å². The Morgan fingerprint density at radius 2 is 1.85 bits per heavy atom. The lowest BCUT2D eigenvalue weighted by Gasteiger charge is -2.24. The minimum atomic E-state index is -4.31. The molecule has 2 nitrogen and oxygen atoms in total. The molecule has 1 aliphatic heterocycles. The zero-order valence-corrected chi connectivity index (χ0v) is 11.5. The fraction of sp³-hybridized carbons (Fsp3) is 0.500. The van der Waals surface area contributed by atoms with Gasteiger partial charge in [-0.3, -0.25) is 4.79 Å². The molecule has 1 atom stereocenters. The summed E-state index contributed by atoms with van der Waals surface area (Å²) in [6.45, 7) is 0.686. The Kier molecular flexibility index (Phi) is 3.44. The first kappa shape index (κ1) is 13.8. The van der Waals surface area contributed by atoms with Crippen molar-refractivity contribution in [1.82, 2.24) is 4.90 Å². The number of carbonyl (C=O) groups is 1. The van der Waals surface area contributed by atoms with Crippen molar-refractivity contribution >= 4 is 17.7 Å². The Hall–Kier alpha value is -1.17. The van der Waals surface area contributed by atoms with Crippen molar-refractivity contribution in [1.29, 1.82) is 0 Å². The Labute approximate surface area is 119 Å². The van der Waals surface area contributed by atoms with Crippen LogP contribution in [0.1, 0.15) is 29.3 Å². The Morgan fingerprint density at radius 3 is 2.40 bits per heavy atom. The molecule has 0 bridgehead atoms. The van der Waals surface area contributed by atoms with Crippen LogP contribution in [0.5, 0.6) is 0 Å². The van der Waals surface area contributed by atoms with Gasteiger partial charge in [-0.05, 0) is 30.5 Å². The van der Waals surface area contributed by atoms with Gasteiger partial charge in [0.05, 0.1) is 5.56 Å². The maximum absolute atomic E-state index is 12.5. The molecule has 0 spiro atoms. The van der Waals surface area contributed by atoms with Crippen LogP contribution in [0.4, 0.5) is 13.2 Å². The number of alkyl halides is 3. The summed E-state index contributed by atoms with van der Waals surface area (Å²) >= 11 is 1.61. The molecule has 0 aromatic heterocycles. The fourth-order valence-corrected chi connectivity index (χ4v) is 3.64. The molecule has 20 heavy (non-hydrogen) atoms. The van der Waals surface area contributed by atoms with Crippen LogP contribution in [0.15, 0.2) is 24.3 Å². The molecule has 6 heteroatoms. The smallest absolute Gasteiger partial charge is 0.325 e. The molecule has 1 amide bonds. The number of hydrogen-bond donors (Lipinski definition) is 0. The number of amides is 1. The first-order chi connectivity index (χ1) is 9.47. The zero-order chi connectivity index (χ0) is 14.3. The van der Waals surface area contributed by atoms with Crippen molar-refractivity contribution in [2.75, 3.05) is 12.3 Å². The van der Waals surface area contributed by atoms with Crippen LogP contribution in [0.2, 0.25) is 0 Å². The van der Waals surface area contributed by atoms with Gasteiger partial charge in [0, 0.05) is 18.2 Å². The average Bonchev–Trinajstić information content (AvgIpc) is 3.14. The van der Waals surface area contributed by atoms with E-state index >= 15 is 0 Å². The van der Waals surface area contributed by atoms with Crippen LogP contribution in [0.25, 0.3) is 0 Å². The first-order valence-corrected chi connectivity index (χ1v) is 7.61. The van der Waals surface area contributed by atoms with Crippen molar-refractivity contribution < 1.29 is 18.0 Å². The van der Waals surface area contributed by atoms with E-state index in [4.69, 9.17) is 0 Å². The normalized spacial score (nSPS) is 23.1. The minimum Gasteiger partial charge on any atom is -0.325 e. The highest BCUT2D eigenvalue weighted by atomic mass is 32.2. The molecule has 1 aromatic carbocycles. The maximum Gasteiger partial charge on any atom is 0.416 e. The third-order valence-electron chi connectivity index (χ3n) is 3.62. The SMILES string of the molecule is O=C(C1CC1)N1CCS[C@H]1c1ccc(C(F)(F)F)cc1. The van der Waals surface area contributed by atoms with Gasteiger partial charge in [-0.1, -0.05) is 12.1 Å². The van der Waals surface area contributed by atoms with E-state index in [9.17, 15) is 18.0 Å². The maximum atomic E-state index is 12.5. The number of benzene rings is 1. The highest BCUT2D eigenvalue weighted by molar-refractivity contribution is 7.99. The average molecular weight is 301 g/mol.